The number of aryl methyl sites for hydroxylation is 3. The Balaban J connectivity index is 1.79. The van der Waals surface area contributed by atoms with Crippen molar-refractivity contribution in [2.45, 2.75) is 26.5 Å². The molecule has 21 heavy (non-hydrogen) atoms. The third kappa shape index (κ3) is 4.94. The van der Waals surface area contributed by atoms with Gasteiger partial charge >= 0.3 is 0 Å². The van der Waals surface area contributed by atoms with Gasteiger partial charge in [0.15, 0.2) is 0 Å². The van der Waals surface area contributed by atoms with E-state index in [1.807, 2.05) is 18.2 Å². The Morgan fingerprint density at radius 2 is 1.71 bits per heavy atom. The monoisotopic (exact) mass is 299 g/mol. The zero-order chi connectivity index (χ0) is 15.2. The molecule has 3 heteroatoms. The van der Waals surface area contributed by atoms with E-state index in [0.717, 1.165) is 11.4 Å². The molecule has 0 bridgehead atoms. The third-order valence-electron chi connectivity index (χ3n) is 3.41. The fourth-order valence-corrected chi connectivity index (χ4v) is 2.75. The van der Waals surface area contributed by atoms with Crippen molar-refractivity contribution in [1.29, 1.82) is 0 Å². The van der Waals surface area contributed by atoms with Crippen LogP contribution in [0, 0.1) is 20.8 Å². The SMILES string of the molecule is Cc1ccc(CSCC(=O)Nc2ccc(C)c(C)c2)cc1. The van der Waals surface area contributed by atoms with Crippen molar-refractivity contribution < 1.29 is 4.79 Å². The molecule has 0 aliphatic carbocycles. The first-order chi connectivity index (χ1) is 10.0. The van der Waals surface area contributed by atoms with E-state index in [-0.39, 0.29) is 5.91 Å². The van der Waals surface area contributed by atoms with Crippen LogP contribution in [0.3, 0.4) is 0 Å². The van der Waals surface area contributed by atoms with Gasteiger partial charge in [-0.05, 0) is 49.6 Å². The molecule has 1 amide bonds. The summed E-state index contributed by atoms with van der Waals surface area (Å²) in [5.41, 5.74) is 5.82. The summed E-state index contributed by atoms with van der Waals surface area (Å²) < 4.78 is 0. The molecule has 2 rings (SSSR count). The third-order valence-corrected chi connectivity index (χ3v) is 4.42. The molecule has 0 aromatic heterocycles. The molecule has 0 fully saturated rings. The molecule has 0 saturated heterocycles. The van der Waals surface area contributed by atoms with Crippen LogP contribution in [0.1, 0.15) is 22.3 Å². The van der Waals surface area contributed by atoms with E-state index in [1.54, 1.807) is 11.8 Å². The number of hydrogen-bond acceptors (Lipinski definition) is 2. The van der Waals surface area contributed by atoms with E-state index in [1.165, 1.54) is 22.3 Å². The highest BCUT2D eigenvalue weighted by molar-refractivity contribution is 7.99. The second-order valence-corrected chi connectivity index (χ2v) is 6.31. The Bertz CT molecular complexity index is 620. The summed E-state index contributed by atoms with van der Waals surface area (Å²) in [4.78, 5) is 11.9. The summed E-state index contributed by atoms with van der Waals surface area (Å²) >= 11 is 1.63. The zero-order valence-corrected chi connectivity index (χ0v) is 13.6. The van der Waals surface area contributed by atoms with E-state index >= 15 is 0 Å². The standard InChI is InChI=1S/C18H21NOS/c1-13-4-7-16(8-5-13)11-21-12-18(20)19-17-9-6-14(2)15(3)10-17/h4-10H,11-12H2,1-3H3,(H,19,20). The second kappa shape index (κ2) is 7.32. The maximum absolute atomic E-state index is 11.9. The Kier molecular flexibility index (Phi) is 5.45. The quantitative estimate of drug-likeness (QED) is 0.881. The van der Waals surface area contributed by atoms with Gasteiger partial charge in [0.05, 0.1) is 5.75 Å². The van der Waals surface area contributed by atoms with E-state index < -0.39 is 0 Å². The highest BCUT2D eigenvalue weighted by Crippen LogP contribution is 2.16. The minimum Gasteiger partial charge on any atom is -0.325 e. The Morgan fingerprint density at radius 3 is 2.38 bits per heavy atom. The number of carbonyl (C=O) groups excluding carboxylic acids is 1. The lowest BCUT2D eigenvalue weighted by molar-refractivity contribution is -0.113. The van der Waals surface area contributed by atoms with Crippen molar-refractivity contribution in [1.82, 2.24) is 0 Å². The lowest BCUT2D eigenvalue weighted by Gasteiger charge is -2.08. The summed E-state index contributed by atoms with van der Waals surface area (Å²) in [7, 11) is 0. The summed E-state index contributed by atoms with van der Waals surface area (Å²) in [5.74, 6) is 1.39. The van der Waals surface area contributed by atoms with Crippen molar-refractivity contribution in [3.05, 3.63) is 64.7 Å². The molecular weight excluding hydrogens is 278 g/mol. The minimum atomic E-state index is 0.0513. The van der Waals surface area contributed by atoms with Crippen LogP contribution in [-0.4, -0.2) is 11.7 Å². The molecule has 0 spiro atoms. The first-order valence-electron chi connectivity index (χ1n) is 7.05. The fourth-order valence-electron chi connectivity index (χ4n) is 1.96. The molecule has 2 aromatic rings. The summed E-state index contributed by atoms with van der Waals surface area (Å²) in [6, 6.07) is 14.4. The van der Waals surface area contributed by atoms with Crippen LogP contribution in [0.4, 0.5) is 5.69 Å². The summed E-state index contributed by atoms with van der Waals surface area (Å²) in [6.07, 6.45) is 0. The fraction of sp³-hybridized carbons (Fsp3) is 0.278. The second-order valence-electron chi connectivity index (χ2n) is 5.33. The molecule has 0 unspecified atom stereocenters. The Hall–Kier alpha value is -1.74. The van der Waals surface area contributed by atoms with Gasteiger partial charge in [0, 0.05) is 11.4 Å². The van der Waals surface area contributed by atoms with Crippen LogP contribution in [-0.2, 0) is 10.5 Å². The number of thioether (sulfide) groups is 1. The average Bonchev–Trinajstić information content (AvgIpc) is 2.45. The molecule has 1 N–H and O–H groups in total. The predicted molar refractivity (Wildman–Crippen MR) is 91.9 cm³/mol. The molecule has 0 saturated carbocycles. The number of hydrogen-bond donors (Lipinski definition) is 1. The molecule has 0 aliphatic rings. The maximum Gasteiger partial charge on any atom is 0.234 e. The van der Waals surface area contributed by atoms with Gasteiger partial charge in [-0.2, -0.15) is 0 Å². The lowest BCUT2D eigenvalue weighted by Crippen LogP contribution is -2.14. The number of anilines is 1. The molecule has 0 radical (unpaired) electrons. The van der Waals surface area contributed by atoms with Gasteiger partial charge in [-0.3, -0.25) is 4.79 Å². The number of rotatable bonds is 5. The topological polar surface area (TPSA) is 29.1 Å². The normalized spacial score (nSPS) is 10.4. The number of benzene rings is 2. The number of carbonyl (C=O) groups is 1. The van der Waals surface area contributed by atoms with Crippen LogP contribution < -0.4 is 5.32 Å². The van der Waals surface area contributed by atoms with Crippen molar-refractivity contribution in [2.75, 3.05) is 11.1 Å². The van der Waals surface area contributed by atoms with Crippen molar-refractivity contribution in [3.63, 3.8) is 0 Å². The maximum atomic E-state index is 11.9. The largest absolute Gasteiger partial charge is 0.325 e. The zero-order valence-electron chi connectivity index (χ0n) is 12.8. The first kappa shape index (κ1) is 15.6. The van der Waals surface area contributed by atoms with Crippen LogP contribution in [0.5, 0.6) is 0 Å². The molecular formula is C18H21NOS. The van der Waals surface area contributed by atoms with Crippen LogP contribution in [0.15, 0.2) is 42.5 Å². The van der Waals surface area contributed by atoms with Gasteiger partial charge in [0.2, 0.25) is 5.91 Å². The highest BCUT2D eigenvalue weighted by Gasteiger charge is 2.04. The van der Waals surface area contributed by atoms with E-state index in [0.29, 0.717) is 5.75 Å². The minimum absolute atomic E-state index is 0.0513. The van der Waals surface area contributed by atoms with Crippen LogP contribution in [0.25, 0.3) is 0 Å². The average molecular weight is 299 g/mol. The van der Waals surface area contributed by atoms with Crippen molar-refractivity contribution >= 4 is 23.4 Å². The van der Waals surface area contributed by atoms with Gasteiger partial charge in [0.25, 0.3) is 0 Å². The van der Waals surface area contributed by atoms with Crippen molar-refractivity contribution in [3.8, 4) is 0 Å². The van der Waals surface area contributed by atoms with Crippen molar-refractivity contribution in [2.24, 2.45) is 0 Å². The van der Waals surface area contributed by atoms with Gasteiger partial charge in [-0.1, -0.05) is 35.9 Å². The smallest absolute Gasteiger partial charge is 0.234 e. The molecule has 0 heterocycles. The lowest BCUT2D eigenvalue weighted by atomic mass is 10.1. The number of amides is 1. The molecule has 0 atom stereocenters. The van der Waals surface area contributed by atoms with E-state index in [9.17, 15) is 4.79 Å². The van der Waals surface area contributed by atoms with E-state index in [4.69, 9.17) is 0 Å². The van der Waals surface area contributed by atoms with Crippen LogP contribution >= 0.6 is 11.8 Å². The first-order valence-corrected chi connectivity index (χ1v) is 8.20. The molecule has 110 valence electrons. The Labute approximate surface area is 131 Å². The van der Waals surface area contributed by atoms with Gasteiger partial charge in [-0.25, -0.2) is 0 Å². The predicted octanol–water partition coefficient (Wildman–Crippen LogP) is 4.48. The number of nitrogens with one attached hydrogen (secondary N) is 1. The molecule has 2 nitrogen and oxygen atoms in total. The van der Waals surface area contributed by atoms with Crippen LogP contribution in [0.2, 0.25) is 0 Å². The van der Waals surface area contributed by atoms with E-state index in [2.05, 4.69) is 50.4 Å². The Morgan fingerprint density at radius 1 is 1.00 bits per heavy atom. The van der Waals surface area contributed by atoms with Gasteiger partial charge < -0.3 is 5.32 Å². The molecule has 2 aromatic carbocycles. The highest BCUT2D eigenvalue weighted by atomic mass is 32.2. The molecule has 0 aliphatic heterocycles. The van der Waals surface area contributed by atoms with Gasteiger partial charge in [0.1, 0.15) is 0 Å². The van der Waals surface area contributed by atoms with Gasteiger partial charge in [-0.15, -0.1) is 11.8 Å². The summed E-state index contributed by atoms with van der Waals surface area (Å²) in [5, 5.41) is 2.95. The summed E-state index contributed by atoms with van der Waals surface area (Å²) in [6.45, 7) is 6.20.